The van der Waals surface area contributed by atoms with Gasteiger partial charge in [-0.2, -0.15) is 5.26 Å². The second kappa shape index (κ2) is 3.37. The zero-order chi connectivity index (χ0) is 13.1. The Morgan fingerprint density at radius 3 is 2.74 bits per heavy atom. The Hall–Kier alpha value is -1.86. The van der Waals surface area contributed by atoms with Crippen LogP contribution < -0.4 is 0 Å². The smallest absolute Gasteiger partial charge is 0.0955 e. The Morgan fingerprint density at radius 2 is 2.16 bits per heavy atom. The molecule has 0 unspecified atom stereocenters. The van der Waals surface area contributed by atoms with Crippen molar-refractivity contribution in [3.8, 4) is 6.07 Å². The molecule has 2 fully saturated rings. The molecule has 1 aliphatic carbocycles. The van der Waals surface area contributed by atoms with Crippen molar-refractivity contribution in [3.05, 3.63) is 30.1 Å². The van der Waals surface area contributed by atoms with Crippen molar-refractivity contribution in [2.24, 2.45) is 12.5 Å². The summed E-state index contributed by atoms with van der Waals surface area (Å²) in [7, 11) is 1.99. The second-order valence-electron chi connectivity index (χ2n) is 5.83. The van der Waals surface area contributed by atoms with Crippen LogP contribution in [-0.2, 0) is 17.2 Å². The molecule has 19 heavy (non-hydrogen) atoms. The lowest BCUT2D eigenvalue weighted by atomic mass is 9.66. The number of hydrogen-bond acceptors (Lipinski definition) is 3. The molecular weight excluding hydrogens is 238 g/mol. The topological polar surface area (TPSA) is 50.8 Å². The molecule has 0 N–H and O–H groups in total. The van der Waals surface area contributed by atoms with E-state index in [4.69, 9.17) is 4.74 Å². The fourth-order valence-electron chi connectivity index (χ4n) is 3.28. The summed E-state index contributed by atoms with van der Waals surface area (Å²) in [5, 5.41) is 9.51. The summed E-state index contributed by atoms with van der Waals surface area (Å²) >= 11 is 0. The number of nitriles is 1. The number of benzene rings is 1. The van der Waals surface area contributed by atoms with Gasteiger partial charge in [0, 0.05) is 7.05 Å². The van der Waals surface area contributed by atoms with E-state index in [1.54, 1.807) is 0 Å². The number of imidazole rings is 1. The van der Waals surface area contributed by atoms with Gasteiger partial charge in [0.25, 0.3) is 0 Å². The van der Waals surface area contributed by atoms with E-state index in [0.29, 0.717) is 13.2 Å². The third-order valence-corrected chi connectivity index (χ3v) is 4.86. The average Bonchev–Trinajstić information content (AvgIpc) is 3.08. The van der Waals surface area contributed by atoms with Gasteiger partial charge >= 0.3 is 0 Å². The Bertz CT molecular complexity index is 702. The van der Waals surface area contributed by atoms with Gasteiger partial charge in [-0.25, -0.2) is 4.98 Å². The maximum Gasteiger partial charge on any atom is 0.0955 e. The van der Waals surface area contributed by atoms with Gasteiger partial charge in [0.05, 0.1) is 47.5 Å². The van der Waals surface area contributed by atoms with Crippen LogP contribution in [0.3, 0.4) is 0 Å². The van der Waals surface area contributed by atoms with Crippen LogP contribution in [0.25, 0.3) is 11.0 Å². The van der Waals surface area contributed by atoms with E-state index in [1.165, 1.54) is 5.56 Å². The molecule has 1 aromatic carbocycles. The largest absolute Gasteiger partial charge is 0.379 e. The molecule has 4 heteroatoms. The van der Waals surface area contributed by atoms with Crippen LogP contribution in [0.2, 0.25) is 0 Å². The number of ether oxygens (including phenoxy) is 1. The lowest BCUT2D eigenvalue weighted by molar-refractivity contribution is -0.0866. The number of hydrogen-bond donors (Lipinski definition) is 0. The molecule has 0 amide bonds. The highest BCUT2D eigenvalue weighted by Crippen LogP contribution is 2.62. The van der Waals surface area contributed by atoms with Gasteiger partial charge in [-0.05, 0) is 30.5 Å². The van der Waals surface area contributed by atoms with Crippen LogP contribution >= 0.6 is 0 Å². The van der Waals surface area contributed by atoms with E-state index in [0.717, 1.165) is 23.9 Å². The monoisotopic (exact) mass is 253 g/mol. The molecule has 2 aliphatic rings. The Morgan fingerprint density at radius 1 is 1.37 bits per heavy atom. The van der Waals surface area contributed by atoms with E-state index in [-0.39, 0.29) is 10.8 Å². The summed E-state index contributed by atoms with van der Waals surface area (Å²) in [6.07, 6.45) is 3.82. The highest BCUT2D eigenvalue weighted by atomic mass is 16.5. The summed E-state index contributed by atoms with van der Waals surface area (Å²) in [6, 6.07) is 8.92. The van der Waals surface area contributed by atoms with Crippen LogP contribution in [0.15, 0.2) is 24.5 Å². The lowest BCUT2D eigenvalue weighted by Crippen LogP contribution is -2.53. The minimum absolute atomic E-state index is 0.104. The third kappa shape index (κ3) is 1.23. The molecule has 0 bridgehead atoms. The molecule has 96 valence electrons. The molecule has 0 spiro atoms. The number of rotatable bonds is 2. The Labute approximate surface area is 111 Å². The molecule has 4 rings (SSSR count). The van der Waals surface area contributed by atoms with Crippen molar-refractivity contribution in [3.63, 3.8) is 0 Å². The van der Waals surface area contributed by atoms with Crippen LogP contribution in [0.1, 0.15) is 18.4 Å². The van der Waals surface area contributed by atoms with Crippen molar-refractivity contribution in [1.82, 2.24) is 9.55 Å². The van der Waals surface area contributed by atoms with Gasteiger partial charge in [-0.1, -0.05) is 6.07 Å². The maximum atomic E-state index is 9.51. The van der Waals surface area contributed by atoms with Crippen molar-refractivity contribution in [2.75, 3.05) is 13.2 Å². The first-order valence-corrected chi connectivity index (χ1v) is 6.61. The standard InChI is InChI=1S/C15H15N3O/c1-18-10-17-12-6-11(2-3-13(12)18)15(8-19-9-15)14(7-16)4-5-14/h2-3,6,10H,4-5,8-9H2,1H3. The van der Waals surface area contributed by atoms with Gasteiger partial charge in [0.2, 0.25) is 0 Å². The predicted molar refractivity (Wildman–Crippen MR) is 70.5 cm³/mol. The van der Waals surface area contributed by atoms with E-state index in [9.17, 15) is 5.26 Å². The highest BCUT2D eigenvalue weighted by Gasteiger charge is 2.64. The molecule has 2 aromatic rings. The third-order valence-electron chi connectivity index (χ3n) is 4.86. The van der Waals surface area contributed by atoms with E-state index in [1.807, 2.05) is 17.9 Å². The zero-order valence-corrected chi connectivity index (χ0v) is 10.9. The molecule has 1 saturated heterocycles. The highest BCUT2D eigenvalue weighted by molar-refractivity contribution is 5.76. The van der Waals surface area contributed by atoms with Gasteiger partial charge in [-0.3, -0.25) is 0 Å². The fraction of sp³-hybridized carbons (Fsp3) is 0.467. The van der Waals surface area contributed by atoms with Crippen LogP contribution in [0, 0.1) is 16.7 Å². The van der Waals surface area contributed by atoms with E-state index < -0.39 is 0 Å². The molecule has 0 atom stereocenters. The second-order valence-corrected chi connectivity index (χ2v) is 5.83. The number of aromatic nitrogens is 2. The molecular formula is C15H15N3O. The molecule has 0 radical (unpaired) electrons. The maximum absolute atomic E-state index is 9.51. The summed E-state index contributed by atoms with van der Waals surface area (Å²) in [5.74, 6) is 0. The van der Waals surface area contributed by atoms with Crippen molar-refractivity contribution < 1.29 is 4.74 Å². The SMILES string of the molecule is Cn1cnc2cc(C3(C4(C#N)CC4)COC3)ccc21. The summed E-state index contributed by atoms with van der Waals surface area (Å²) in [5.41, 5.74) is 3.03. The van der Waals surface area contributed by atoms with Gasteiger partial charge in [0.1, 0.15) is 0 Å². The molecule has 1 aliphatic heterocycles. The zero-order valence-electron chi connectivity index (χ0n) is 10.9. The Kier molecular flexibility index (Phi) is 1.95. The molecule has 4 nitrogen and oxygen atoms in total. The van der Waals surface area contributed by atoms with Gasteiger partial charge in [0.15, 0.2) is 0 Å². The minimum atomic E-state index is -0.201. The van der Waals surface area contributed by atoms with Crippen LogP contribution in [-0.4, -0.2) is 22.8 Å². The Balaban J connectivity index is 1.87. The van der Waals surface area contributed by atoms with E-state index in [2.05, 4.69) is 29.3 Å². The molecule has 1 aromatic heterocycles. The fourth-order valence-corrected chi connectivity index (χ4v) is 3.28. The van der Waals surface area contributed by atoms with E-state index >= 15 is 0 Å². The van der Waals surface area contributed by atoms with Crippen LogP contribution in [0.5, 0.6) is 0 Å². The quantitative estimate of drug-likeness (QED) is 0.824. The lowest BCUT2D eigenvalue weighted by Gasteiger charge is -2.45. The van der Waals surface area contributed by atoms with Crippen molar-refractivity contribution >= 4 is 11.0 Å². The first-order chi connectivity index (χ1) is 9.21. The minimum Gasteiger partial charge on any atom is -0.379 e. The van der Waals surface area contributed by atoms with Gasteiger partial charge < -0.3 is 9.30 Å². The molecule has 1 saturated carbocycles. The van der Waals surface area contributed by atoms with Crippen molar-refractivity contribution in [2.45, 2.75) is 18.3 Å². The number of fused-ring (bicyclic) bond motifs is 1. The summed E-state index contributed by atoms with van der Waals surface area (Å²) < 4.78 is 7.48. The predicted octanol–water partition coefficient (Wildman–Crippen LogP) is 2.15. The first kappa shape index (κ1) is 11.0. The average molecular weight is 253 g/mol. The first-order valence-electron chi connectivity index (χ1n) is 6.61. The summed E-state index contributed by atoms with van der Waals surface area (Å²) in [4.78, 5) is 4.42. The number of aryl methyl sites for hydroxylation is 1. The van der Waals surface area contributed by atoms with Gasteiger partial charge in [-0.15, -0.1) is 0 Å². The molecule has 2 heterocycles. The number of nitrogens with zero attached hydrogens (tertiary/aromatic N) is 3. The summed E-state index contributed by atoms with van der Waals surface area (Å²) in [6.45, 7) is 1.33. The van der Waals surface area contributed by atoms with Crippen LogP contribution in [0.4, 0.5) is 0 Å². The normalized spacial score (nSPS) is 22.7. The van der Waals surface area contributed by atoms with Crippen molar-refractivity contribution in [1.29, 1.82) is 5.26 Å².